The van der Waals surface area contributed by atoms with Crippen molar-refractivity contribution in [1.82, 2.24) is 0 Å². The van der Waals surface area contributed by atoms with Gasteiger partial charge in [-0.25, -0.2) is 4.39 Å². The third-order valence-electron chi connectivity index (χ3n) is 4.20. The second-order valence-electron chi connectivity index (χ2n) is 5.79. The number of carbonyl (C=O) groups excluding carboxylic acids is 1. The van der Waals surface area contributed by atoms with E-state index in [0.29, 0.717) is 24.0 Å². The van der Waals surface area contributed by atoms with Crippen LogP contribution in [-0.4, -0.2) is 12.0 Å². The van der Waals surface area contributed by atoms with Crippen LogP contribution in [0.3, 0.4) is 0 Å². The molecule has 0 radical (unpaired) electrons. The first kappa shape index (κ1) is 16.2. The highest BCUT2D eigenvalue weighted by atomic mass is 19.4. The molecule has 2 nitrogen and oxygen atoms in total. The number of halogens is 4. The summed E-state index contributed by atoms with van der Waals surface area (Å²) in [7, 11) is 0. The van der Waals surface area contributed by atoms with E-state index in [1.54, 1.807) is 6.07 Å². The number of carbonyl (C=O) groups is 1. The maximum atomic E-state index is 14.3. The van der Waals surface area contributed by atoms with Crippen molar-refractivity contribution in [2.45, 2.75) is 24.4 Å². The predicted molar refractivity (Wildman–Crippen MR) is 78.7 cm³/mol. The molecule has 0 bridgehead atoms. The summed E-state index contributed by atoms with van der Waals surface area (Å²) in [6, 6.07) is 11.2. The fourth-order valence-corrected chi connectivity index (χ4v) is 2.60. The number of hydrogen-bond donors (Lipinski definition) is 0. The normalized spacial score (nSPS) is 15.6. The molecule has 0 unspecified atom stereocenters. The van der Waals surface area contributed by atoms with Gasteiger partial charge in [-0.2, -0.15) is 18.4 Å². The maximum absolute atomic E-state index is 14.3. The summed E-state index contributed by atoms with van der Waals surface area (Å²) in [4.78, 5) is 11.1. The zero-order valence-electron chi connectivity index (χ0n) is 12.3. The lowest BCUT2D eigenvalue weighted by Crippen LogP contribution is -2.22. The molecule has 0 N–H and O–H groups in total. The largest absolute Gasteiger partial charge is 0.454 e. The number of nitrogens with zero attached hydrogens (tertiary/aromatic N) is 1. The molecule has 0 saturated heterocycles. The summed E-state index contributed by atoms with van der Waals surface area (Å²) < 4.78 is 51.5. The van der Waals surface area contributed by atoms with E-state index in [4.69, 9.17) is 5.26 Å². The number of rotatable bonds is 3. The van der Waals surface area contributed by atoms with Gasteiger partial charge in [0.25, 0.3) is 5.78 Å². The molecule has 24 heavy (non-hydrogen) atoms. The van der Waals surface area contributed by atoms with Crippen molar-refractivity contribution in [3.8, 4) is 17.2 Å². The zero-order chi connectivity index (χ0) is 17.5. The Morgan fingerprint density at radius 2 is 1.71 bits per heavy atom. The topological polar surface area (TPSA) is 40.9 Å². The van der Waals surface area contributed by atoms with E-state index in [9.17, 15) is 22.4 Å². The molecule has 1 fully saturated rings. The number of nitriles is 1. The molecule has 0 atom stereocenters. The molecule has 122 valence electrons. The van der Waals surface area contributed by atoms with Gasteiger partial charge >= 0.3 is 6.18 Å². The van der Waals surface area contributed by atoms with Gasteiger partial charge in [-0.05, 0) is 30.0 Å². The monoisotopic (exact) mass is 333 g/mol. The molecule has 3 rings (SSSR count). The molecule has 6 heteroatoms. The Kier molecular flexibility index (Phi) is 3.67. The Labute approximate surface area is 135 Å². The summed E-state index contributed by atoms with van der Waals surface area (Å²) in [5, 5.41) is 9.14. The Morgan fingerprint density at radius 3 is 2.17 bits per heavy atom. The smallest absolute Gasteiger partial charge is 0.284 e. The van der Waals surface area contributed by atoms with Gasteiger partial charge < -0.3 is 0 Å². The van der Waals surface area contributed by atoms with Crippen LogP contribution in [0.15, 0.2) is 42.5 Å². The first-order chi connectivity index (χ1) is 11.3. The maximum Gasteiger partial charge on any atom is 0.454 e. The minimum atomic E-state index is -4.94. The Balaban J connectivity index is 1.90. The van der Waals surface area contributed by atoms with Crippen molar-refractivity contribution >= 4 is 5.78 Å². The number of Topliss-reactive ketones (excluding diaryl/α,β-unsaturated/α-hetero) is 1. The van der Waals surface area contributed by atoms with Crippen LogP contribution in [0, 0.1) is 17.1 Å². The van der Waals surface area contributed by atoms with E-state index < -0.39 is 28.8 Å². The summed E-state index contributed by atoms with van der Waals surface area (Å²) >= 11 is 0. The van der Waals surface area contributed by atoms with Gasteiger partial charge in [0.1, 0.15) is 5.82 Å². The Hall–Kier alpha value is -2.68. The van der Waals surface area contributed by atoms with Gasteiger partial charge in [0.2, 0.25) is 0 Å². The quantitative estimate of drug-likeness (QED) is 0.598. The first-order valence-corrected chi connectivity index (χ1v) is 7.20. The first-order valence-electron chi connectivity index (χ1n) is 7.20. The van der Waals surface area contributed by atoms with Gasteiger partial charge in [-0.3, -0.25) is 4.79 Å². The van der Waals surface area contributed by atoms with Crippen LogP contribution < -0.4 is 0 Å². The van der Waals surface area contributed by atoms with E-state index in [1.165, 1.54) is 24.3 Å². The van der Waals surface area contributed by atoms with Crippen molar-refractivity contribution in [3.63, 3.8) is 0 Å². The van der Waals surface area contributed by atoms with Crippen molar-refractivity contribution in [2.24, 2.45) is 0 Å². The van der Waals surface area contributed by atoms with Gasteiger partial charge in [-0.1, -0.05) is 36.4 Å². The van der Waals surface area contributed by atoms with Gasteiger partial charge in [0, 0.05) is 11.1 Å². The summed E-state index contributed by atoms with van der Waals surface area (Å²) in [6.07, 6.45) is -3.56. The van der Waals surface area contributed by atoms with Crippen LogP contribution in [0.4, 0.5) is 17.6 Å². The molecular weight excluding hydrogens is 322 g/mol. The highest BCUT2D eigenvalue weighted by Gasteiger charge is 2.45. The fraction of sp³-hybridized carbons (Fsp3) is 0.222. The predicted octanol–water partition coefficient (Wildman–Crippen LogP) is 4.79. The highest BCUT2D eigenvalue weighted by molar-refractivity contribution is 6.00. The molecular formula is C18H11F4NO. The molecule has 1 aliphatic rings. The number of hydrogen-bond acceptors (Lipinski definition) is 2. The summed E-state index contributed by atoms with van der Waals surface area (Å²) in [5.41, 5.74) is 0.0698. The van der Waals surface area contributed by atoms with Crippen LogP contribution in [-0.2, 0) is 5.41 Å². The van der Waals surface area contributed by atoms with Crippen molar-refractivity contribution < 1.29 is 22.4 Å². The van der Waals surface area contributed by atoms with Gasteiger partial charge in [0.05, 0.1) is 11.5 Å². The Morgan fingerprint density at radius 1 is 1.08 bits per heavy atom. The van der Waals surface area contributed by atoms with Crippen molar-refractivity contribution in [2.75, 3.05) is 0 Å². The number of benzene rings is 2. The molecule has 0 amide bonds. The molecule has 1 aliphatic carbocycles. The minimum Gasteiger partial charge on any atom is -0.284 e. The van der Waals surface area contributed by atoms with E-state index >= 15 is 0 Å². The molecule has 0 aliphatic heterocycles. The Bertz CT molecular complexity index is 843. The van der Waals surface area contributed by atoms with Gasteiger partial charge in [-0.15, -0.1) is 0 Å². The van der Waals surface area contributed by atoms with Gasteiger partial charge in [0.15, 0.2) is 0 Å². The lowest BCUT2D eigenvalue weighted by atomic mass is 9.94. The molecule has 1 saturated carbocycles. The van der Waals surface area contributed by atoms with Crippen LogP contribution in [0.2, 0.25) is 0 Å². The second-order valence-corrected chi connectivity index (χ2v) is 5.79. The lowest BCUT2D eigenvalue weighted by Gasteiger charge is -2.10. The summed E-state index contributed by atoms with van der Waals surface area (Å²) in [5.74, 6) is -2.49. The second kappa shape index (κ2) is 5.45. The third-order valence-corrected chi connectivity index (χ3v) is 4.20. The zero-order valence-corrected chi connectivity index (χ0v) is 12.3. The fourth-order valence-electron chi connectivity index (χ4n) is 2.60. The standard InChI is InChI=1S/C18H11F4NO/c19-15-9-13(17(10-23)7-8-17)5-6-14(15)11-1-3-12(4-2-11)16(24)18(20,21)22/h1-6,9H,7-8H2. The van der Waals surface area contributed by atoms with E-state index in [0.717, 1.165) is 12.1 Å². The summed E-state index contributed by atoms with van der Waals surface area (Å²) in [6.45, 7) is 0. The van der Waals surface area contributed by atoms with E-state index in [1.807, 2.05) is 0 Å². The highest BCUT2D eigenvalue weighted by Crippen LogP contribution is 2.48. The molecule has 2 aromatic carbocycles. The van der Waals surface area contributed by atoms with Crippen molar-refractivity contribution in [3.05, 3.63) is 59.4 Å². The average Bonchev–Trinajstić information content (AvgIpc) is 3.35. The third kappa shape index (κ3) is 2.78. The average molecular weight is 333 g/mol. The lowest BCUT2D eigenvalue weighted by molar-refractivity contribution is -0.0885. The molecule has 0 heterocycles. The SMILES string of the molecule is N#CC1(c2ccc(-c3ccc(C(=O)C(F)(F)F)cc3)c(F)c2)CC1. The van der Waals surface area contributed by atoms with E-state index in [-0.39, 0.29) is 5.56 Å². The number of alkyl halides is 3. The van der Waals surface area contributed by atoms with Crippen molar-refractivity contribution in [1.29, 1.82) is 5.26 Å². The van der Waals surface area contributed by atoms with Crippen LogP contribution in [0.1, 0.15) is 28.8 Å². The van der Waals surface area contributed by atoms with E-state index in [2.05, 4.69) is 6.07 Å². The number of ketones is 1. The van der Waals surface area contributed by atoms with Crippen LogP contribution >= 0.6 is 0 Å². The molecule has 0 spiro atoms. The van der Waals surface area contributed by atoms with Crippen LogP contribution in [0.25, 0.3) is 11.1 Å². The van der Waals surface area contributed by atoms with Crippen LogP contribution in [0.5, 0.6) is 0 Å². The minimum absolute atomic E-state index is 0.207. The molecule has 2 aromatic rings. The molecule has 0 aromatic heterocycles.